The third kappa shape index (κ3) is 14.6. The molecule has 472 valence electrons. The van der Waals surface area contributed by atoms with Gasteiger partial charge >= 0.3 is 33.6 Å². The molecule has 100 heavy (non-hydrogen) atoms. The lowest BCUT2D eigenvalue weighted by molar-refractivity contribution is 1.12. The van der Waals surface area contributed by atoms with Crippen LogP contribution in [0.15, 0.2) is 340 Å². The van der Waals surface area contributed by atoms with Crippen LogP contribution in [0, 0.1) is 119 Å². The third-order valence-electron chi connectivity index (χ3n) is 17.0. The molecule has 12 aromatic rings. The van der Waals surface area contributed by atoms with E-state index < -0.39 is 33.6 Å². The van der Waals surface area contributed by atoms with Gasteiger partial charge < -0.3 is 16.9 Å². The molecule has 0 bridgehead atoms. The highest BCUT2D eigenvalue weighted by Gasteiger charge is 2.82. The first-order chi connectivity index (χ1) is 49.1. The Balaban J connectivity index is 1.32. The van der Waals surface area contributed by atoms with Crippen molar-refractivity contribution in [2.24, 2.45) is 0 Å². The summed E-state index contributed by atoms with van der Waals surface area (Å²) in [6.07, 6.45) is 0. The van der Waals surface area contributed by atoms with Crippen molar-refractivity contribution in [3.8, 4) is 91.7 Å². The van der Waals surface area contributed by atoms with E-state index in [0.717, 1.165) is 89.5 Å². The molecule has 8 heteroatoms. The molecule has 0 N–H and O–H groups in total. The summed E-state index contributed by atoms with van der Waals surface area (Å²) in [7, 11) is -17.8. The monoisotopic (exact) mass is 1340 g/mol. The minimum absolute atomic E-state index is 0.821. The molecule has 0 saturated carbocycles. The van der Waals surface area contributed by atoms with Gasteiger partial charge in [-0.2, -0.15) is 0 Å². The van der Waals surface area contributed by atoms with Crippen LogP contribution in [0.1, 0.15) is 66.8 Å². The van der Waals surface area contributed by atoms with E-state index >= 15 is 0 Å². The van der Waals surface area contributed by atoms with E-state index in [1.165, 1.54) is 0 Å². The van der Waals surface area contributed by atoms with Crippen LogP contribution < -0.4 is 16.9 Å². The van der Waals surface area contributed by atoms with Gasteiger partial charge in [-0.3, -0.25) is 0 Å². The van der Waals surface area contributed by atoms with Crippen LogP contribution in [0.2, 0.25) is 0 Å². The molecule has 13 rings (SSSR count). The molecule has 0 spiro atoms. The molecule has 1 heterocycles. The van der Waals surface area contributed by atoms with Gasteiger partial charge in [0, 0.05) is 67.3 Å². The molecule has 12 aromatic carbocycles. The molecular weight excluding hydrogens is 1270 g/mol. The van der Waals surface area contributed by atoms with E-state index in [1.54, 1.807) is 0 Å². The topological polar surface area (TPSA) is 13.0 Å². The van der Waals surface area contributed by atoms with Gasteiger partial charge in [-0.25, -0.2) is 0 Å². The summed E-state index contributed by atoms with van der Waals surface area (Å²) in [5, 5.41) is 0. The van der Waals surface area contributed by atoms with E-state index in [0.29, 0.717) is 0 Å². The molecule has 0 atom stereocenters. The van der Waals surface area contributed by atoms with Crippen LogP contribution in [0.4, 0.5) is 22.7 Å². The number of nitrogens with zero attached hydrogens (tertiary/aromatic N) is 4. The maximum absolute atomic E-state index is 4.57. The van der Waals surface area contributed by atoms with Crippen LogP contribution in [0.5, 0.6) is 0 Å². The summed E-state index contributed by atoms with van der Waals surface area (Å²) in [5.41, 5.74) is 47.9. The second-order valence-corrected chi connectivity index (χ2v) is 37.1. The summed E-state index contributed by atoms with van der Waals surface area (Å²) in [6.45, 7) is 8.54. The number of hydrogen-bond acceptors (Lipinski definition) is 4. The highest BCUT2D eigenvalue weighted by molar-refractivity contribution is 7.37. The Morgan fingerprint density at radius 2 is 0.400 bits per heavy atom. The summed E-state index contributed by atoms with van der Waals surface area (Å²) in [6, 6.07) is 117. The smallest absolute Gasteiger partial charge is 0.353 e. The fraction of sp³-hybridized carbons (Fsp3) is 0.0435. The van der Waals surface area contributed by atoms with Crippen molar-refractivity contribution in [2.45, 2.75) is 27.7 Å². The van der Waals surface area contributed by atoms with Crippen molar-refractivity contribution in [1.29, 1.82) is 0 Å². The van der Waals surface area contributed by atoms with Crippen molar-refractivity contribution in [3.05, 3.63) is 406 Å². The van der Waals surface area contributed by atoms with Crippen LogP contribution in [-0.2, 0) is 0 Å². The quantitative estimate of drug-likeness (QED) is 0.111. The molecule has 0 radical (unpaired) electrons. The van der Waals surface area contributed by atoms with Gasteiger partial charge in [0.2, 0.25) is 0 Å². The van der Waals surface area contributed by atoms with Crippen molar-refractivity contribution in [1.82, 2.24) is 0 Å². The molecule has 1 aliphatic rings. The molecule has 1 saturated heterocycles. The second-order valence-electron chi connectivity index (χ2n) is 24.3. The maximum atomic E-state index is 4.43. The van der Waals surface area contributed by atoms with Crippen LogP contribution >= 0.6 is 0 Å². The Morgan fingerprint density at radius 1 is 0.220 bits per heavy atom. The first kappa shape index (κ1) is 65.8. The number of hydrogen-bond donors (Lipinski definition) is 0. The molecule has 0 unspecified atom stereocenters. The zero-order valence-electron chi connectivity index (χ0n) is 56.1. The lowest BCUT2D eigenvalue weighted by atomic mass is 10.2. The van der Waals surface area contributed by atoms with E-state index in [1.807, 2.05) is 121 Å². The Kier molecular flexibility index (Phi) is 20.1. The van der Waals surface area contributed by atoms with Gasteiger partial charge in [-0.1, -0.05) is 308 Å². The molecule has 1 fully saturated rings. The maximum Gasteiger partial charge on any atom is 0.450 e. The van der Waals surface area contributed by atoms with Crippen LogP contribution in [-0.4, -0.2) is 33.6 Å². The zero-order chi connectivity index (χ0) is 68.5. The Bertz CT molecular complexity index is 4750. The molecule has 0 amide bonds. The summed E-state index contributed by atoms with van der Waals surface area (Å²) >= 11 is 0. The lowest BCUT2D eigenvalue weighted by Crippen LogP contribution is -3.06. The van der Waals surface area contributed by atoms with E-state index in [4.69, 9.17) is 0 Å². The predicted molar refractivity (Wildman–Crippen MR) is 424 cm³/mol. The molecule has 0 aliphatic carbocycles. The van der Waals surface area contributed by atoms with Crippen molar-refractivity contribution in [3.63, 3.8) is 0 Å². The zero-order valence-corrected chi connectivity index (χ0v) is 60.1. The standard InChI is InChI=1S/C92H68N4Si4/c1-77-45-53-89(54-46-77)93(97(69-61-81-29-13-5-14-30-81,70-62-82-31-15-6-16-32-82)71-63-83-33-17-7-18-34-83)99(75-67-87-41-25-11-26-42-87)95(91-57-49-79(3)50-58-91)100(76-68-88-43-27-12-28-44-88,96(99)92-59-51-80(4)52-60-92)94(90-55-47-78(2)48-56-90)98(72-64-84-35-19-8-20-36-84,73-65-85-37-21-9-22-38-85)74-66-86-39-23-10-24-40-86/h5-60H,1-4H3. The first-order valence-electron chi connectivity index (χ1n) is 33.3. The first-order valence-corrected chi connectivity index (χ1v) is 40.8. The Hall–Kier alpha value is -12.8. The fourth-order valence-corrected chi connectivity index (χ4v) is 35.0. The number of benzene rings is 12. The van der Waals surface area contributed by atoms with Gasteiger partial charge in [0.15, 0.2) is 0 Å². The number of aryl methyl sites for hydroxylation is 4. The molecule has 4 nitrogen and oxygen atoms in total. The average molecular weight is 1340 g/mol. The Morgan fingerprint density at radius 3 is 0.600 bits per heavy atom. The highest BCUT2D eigenvalue weighted by Crippen LogP contribution is 2.53. The second kappa shape index (κ2) is 30.5. The minimum Gasteiger partial charge on any atom is -0.353 e. The summed E-state index contributed by atoms with van der Waals surface area (Å²) in [5.74, 6) is 30.8. The molecular formula is C92H68N4Si4. The number of anilines is 4. The van der Waals surface area contributed by atoms with Gasteiger partial charge in [0.05, 0.1) is 0 Å². The lowest BCUT2D eigenvalue weighted by Gasteiger charge is -2.73. The van der Waals surface area contributed by atoms with Crippen LogP contribution in [0.25, 0.3) is 0 Å². The van der Waals surface area contributed by atoms with E-state index in [9.17, 15) is 0 Å². The van der Waals surface area contributed by atoms with Crippen molar-refractivity contribution < 1.29 is 0 Å². The summed E-state index contributed by atoms with van der Waals surface area (Å²) in [4.78, 5) is 0. The van der Waals surface area contributed by atoms with Gasteiger partial charge in [0.1, 0.15) is 0 Å². The van der Waals surface area contributed by atoms with Crippen LogP contribution in [0.3, 0.4) is 0 Å². The third-order valence-corrected chi connectivity index (χ3v) is 35.6. The van der Waals surface area contributed by atoms with Gasteiger partial charge in [-0.15, -0.1) is 0 Å². The van der Waals surface area contributed by atoms with Crippen molar-refractivity contribution >= 4 is 56.3 Å². The number of rotatable bonds is 8. The van der Waals surface area contributed by atoms with Gasteiger partial charge in [0.25, 0.3) is 0 Å². The normalized spacial score (nSPS) is 14.0. The molecule has 0 aromatic heterocycles. The highest BCUT2D eigenvalue weighted by atomic mass is 28.5. The fourth-order valence-electron chi connectivity index (χ4n) is 12.0. The molecule has 1 aliphatic heterocycles. The predicted octanol–water partition coefficient (Wildman–Crippen LogP) is 17.8. The van der Waals surface area contributed by atoms with E-state index in [-0.39, 0.29) is 0 Å². The Labute approximate surface area is 595 Å². The largest absolute Gasteiger partial charge is 0.450 e. The average Bonchev–Trinajstić information content (AvgIpc) is 0.645. The van der Waals surface area contributed by atoms with E-state index in [2.05, 4.69) is 355 Å². The SMILES string of the molecule is Cc1ccc(N([Si](C#Cc2ccccc2)(C#Cc2ccccc2)C#Cc2ccccc2)[Si]2(C#Cc3ccccc3)N(c3ccc(C)cc3)[Si](C#Cc3ccccc3)(N(c3ccc(C)cc3)[Si](C#Cc3ccccc3)(C#Cc3ccccc3)C#Cc3ccccc3)N2c2ccc(C)cc2)cc1. The van der Waals surface area contributed by atoms with Gasteiger partial charge in [-0.05, 0) is 173 Å². The van der Waals surface area contributed by atoms with Crippen molar-refractivity contribution in [2.75, 3.05) is 16.9 Å². The summed E-state index contributed by atoms with van der Waals surface area (Å²) < 4.78 is 10.5. The minimum atomic E-state index is -4.57.